The topological polar surface area (TPSA) is 20.2 Å². The summed E-state index contributed by atoms with van der Waals surface area (Å²) in [5.74, 6) is 6.04. The molecule has 0 saturated heterocycles. The van der Waals surface area contributed by atoms with E-state index in [1.54, 1.807) is 0 Å². The van der Waals surface area contributed by atoms with Gasteiger partial charge in [-0.2, -0.15) is 0 Å². The Labute approximate surface area is 180 Å². The molecule has 4 rings (SSSR count). The van der Waals surface area contributed by atoms with Crippen molar-refractivity contribution < 1.29 is 5.11 Å². The van der Waals surface area contributed by atoms with Gasteiger partial charge in [-0.1, -0.05) is 65.8 Å². The van der Waals surface area contributed by atoms with E-state index < -0.39 is 0 Å². The van der Waals surface area contributed by atoms with Crippen LogP contribution in [-0.4, -0.2) is 11.2 Å². The van der Waals surface area contributed by atoms with Crippen molar-refractivity contribution in [2.75, 3.05) is 0 Å². The van der Waals surface area contributed by atoms with Crippen LogP contribution in [0.5, 0.6) is 0 Å². The fourth-order valence-electron chi connectivity index (χ4n) is 8.21. The molecule has 3 fully saturated rings. The average molecular weight is 399 g/mol. The molecule has 10 atom stereocenters. The Morgan fingerprint density at radius 1 is 0.862 bits per heavy atom. The van der Waals surface area contributed by atoms with Crippen molar-refractivity contribution in [3.8, 4) is 0 Å². The molecular weight excluding hydrogens is 352 g/mol. The van der Waals surface area contributed by atoms with Gasteiger partial charge in [0.15, 0.2) is 0 Å². The molecule has 0 bridgehead atoms. The van der Waals surface area contributed by atoms with Crippen LogP contribution in [0.4, 0.5) is 0 Å². The number of rotatable bonds is 4. The van der Waals surface area contributed by atoms with Crippen molar-refractivity contribution in [1.82, 2.24) is 0 Å². The second-order valence-corrected chi connectivity index (χ2v) is 12.3. The highest BCUT2D eigenvalue weighted by Gasteiger charge is 2.59. The van der Waals surface area contributed by atoms with Crippen molar-refractivity contribution in [2.45, 2.75) is 92.6 Å². The van der Waals surface area contributed by atoms with Crippen molar-refractivity contribution >= 4 is 0 Å². The molecule has 0 aliphatic heterocycles. The lowest BCUT2D eigenvalue weighted by atomic mass is 9.46. The van der Waals surface area contributed by atoms with Crippen molar-refractivity contribution in [1.29, 1.82) is 0 Å². The van der Waals surface area contributed by atoms with E-state index in [-0.39, 0.29) is 6.10 Å². The summed E-state index contributed by atoms with van der Waals surface area (Å²) >= 11 is 0. The van der Waals surface area contributed by atoms with E-state index in [9.17, 15) is 5.11 Å². The highest BCUT2D eigenvalue weighted by Crippen LogP contribution is 2.66. The van der Waals surface area contributed by atoms with E-state index in [4.69, 9.17) is 0 Å². The molecule has 0 radical (unpaired) electrons. The molecule has 4 aliphatic rings. The minimum Gasteiger partial charge on any atom is -0.393 e. The fourth-order valence-corrected chi connectivity index (χ4v) is 8.21. The van der Waals surface area contributed by atoms with Crippen LogP contribution in [0.15, 0.2) is 24.3 Å². The van der Waals surface area contributed by atoms with Gasteiger partial charge in [0.1, 0.15) is 0 Å². The third-order valence-corrected chi connectivity index (χ3v) is 10.6. The molecule has 29 heavy (non-hydrogen) atoms. The number of hydrogen-bond acceptors (Lipinski definition) is 1. The maximum absolute atomic E-state index is 10.2. The third-order valence-electron chi connectivity index (χ3n) is 10.6. The standard InChI is InChI=1S/C28H46O/c1-18(2)19(3)7-8-20(4)24-11-12-25-23-10-9-21-17-22(29)13-15-27(21,5)26(23)14-16-28(24,25)6/h7-10,18-26,29H,11-17H2,1-6H3. The smallest absolute Gasteiger partial charge is 0.0546 e. The van der Waals surface area contributed by atoms with E-state index in [1.165, 1.54) is 32.1 Å². The van der Waals surface area contributed by atoms with Crippen LogP contribution in [0, 0.1) is 58.2 Å². The fraction of sp³-hybridized carbons (Fsp3) is 0.857. The first-order valence-electron chi connectivity index (χ1n) is 12.7. The van der Waals surface area contributed by atoms with Crippen molar-refractivity contribution in [3.05, 3.63) is 24.3 Å². The molecule has 0 aromatic heterocycles. The van der Waals surface area contributed by atoms with Crippen LogP contribution in [-0.2, 0) is 0 Å². The number of aliphatic hydroxyl groups is 1. The van der Waals surface area contributed by atoms with Crippen LogP contribution in [0.25, 0.3) is 0 Å². The Balaban J connectivity index is 1.53. The second kappa shape index (κ2) is 7.85. The van der Waals surface area contributed by atoms with Crippen molar-refractivity contribution in [2.24, 2.45) is 58.2 Å². The minimum atomic E-state index is -0.0696. The Morgan fingerprint density at radius 3 is 2.28 bits per heavy atom. The monoisotopic (exact) mass is 398 g/mol. The zero-order chi connectivity index (χ0) is 21.0. The summed E-state index contributed by atoms with van der Waals surface area (Å²) in [6.07, 6.45) is 19.1. The van der Waals surface area contributed by atoms with Crippen LogP contribution in [0.2, 0.25) is 0 Å². The molecule has 0 spiro atoms. The van der Waals surface area contributed by atoms with Gasteiger partial charge < -0.3 is 5.11 Å². The molecule has 0 heterocycles. The van der Waals surface area contributed by atoms with E-state index in [0.29, 0.717) is 28.6 Å². The third kappa shape index (κ3) is 3.58. The minimum absolute atomic E-state index is 0.0696. The first-order valence-corrected chi connectivity index (χ1v) is 12.7. The summed E-state index contributed by atoms with van der Waals surface area (Å²) in [5, 5.41) is 10.2. The predicted octanol–water partition coefficient (Wildman–Crippen LogP) is 7.27. The summed E-state index contributed by atoms with van der Waals surface area (Å²) < 4.78 is 0. The highest BCUT2D eigenvalue weighted by molar-refractivity contribution is 5.18. The number of fused-ring (bicyclic) bond motifs is 5. The molecule has 0 amide bonds. The number of allylic oxidation sites excluding steroid dienone is 4. The zero-order valence-electron chi connectivity index (χ0n) is 19.9. The van der Waals surface area contributed by atoms with Gasteiger partial charge in [0.25, 0.3) is 0 Å². The molecule has 1 heteroatoms. The van der Waals surface area contributed by atoms with E-state index in [0.717, 1.165) is 42.4 Å². The molecule has 1 nitrogen and oxygen atoms in total. The Hall–Kier alpha value is -0.560. The van der Waals surface area contributed by atoms with Gasteiger partial charge >= 0.3 is 0 Å². The largest absolute Gasteiger partial charge is 0.393 e. The van der Waals surface area contributed by atoms with Gasteiger partial charge in [0, 0.05) is 0 Å². The molecule has 3 saturated carbocycles. The van der Waals surface area contributed by atoms with Crippen molar-refractivity contribution in [3.63, 3.8) is 0 Å². The molecule has 0 aromatic rings. The average Bonchev–Trinajstić information content (AvgIpc) is 3.03. The first-order chi connectivity index (χ1) is 13.7. The van der Waals surface area contributed by atoms with Crippen LogP contribution in [0.1, 0.15) is 86.5 Å². The SMILES string of the molecule is CC(C)C(C)C=CC(C)C1CCC2C3C=CC4CC(O)CCC4(C)C3CCC12C. The van der Waals surface area contributed by atoms with Gasteiger partial charge in [-0.3, -0.25) is 0 Å². The first kappa shape index (κ1) is 21.7. The van der Waals surface area contributed by atoms with Gasteiger partial charge in [-0.15, -0.1) is 0 Å². The highest BCUT2D eigenvalue weighted by atomic mass is 16.3. The maximum Gasteiger partial charge on any atom is 0.0546 e. The Morgan fingerprint density at radius 2 is 1.55 bits per heavy atom. The summed E-state index contributed by atoms with van der Waals surface area (Å²) in [7, 11) is 0. The van der Waals surface area contributed by atoms with Gasteiger partial charge in [-0.05, 0) is 103 Å². The number of hydrogen-bond donors (Lipinski definition) is 1. The molecule has 1 N–H and O–H groups in total. The van der Waals surface area contributed by atoms with Crippen LogP contribution >= 0.6 is 0 Å². The quantitative estimate of drug-likeness (QED) is 0.494. The molecule has 10 unspecified atom stereocenters. The molecule has 164 valence electrons. The Kier molecular flexibility index (Phi) is 5.86. The summed E-state index contributed by atoms with van der Waals surface area (Å²) in [6, 6.07) is 0. The second-order valence-electron chi connectivity index (χ2n) is 12.3. The summed E-state index contributed by atoms with van der Waals surface area (Å²) in [5.41, 5.74) is 0.935. The lowest BCUT2D eigenvalue weighted by molar-refractivity contribution is -0.0795. The van der Waals surface area contributed by atoms with Gasteiger partial charge in [-0.25, -0.2) is 0 Å². The summed E-state index contributed by atoms with van der Waals surface area (Å²) in [4.78, 5) is 0. The lowest BCUT2D eigenvalue weighted by Gasteiger charge is -2.59. The normalized spacial score (nSPS) is 49.0. The van der Waals surface area contributed by atoms with Gasteiger partial charge in [0.2, 0.25) is 0 Å². The number of aliphatic hydroxyl groups excluding tert-OH is 1. The summed E-state index contributed by atoms with van der Waals surface area (Å²) in [6.45, 7) is 14.7. The Bertz CT molecular complexity index is 647. The molecular formula is C28H46O. The maximum atomic E-state index is 10.2. The van der Waals surface area contributed by atoms with E-state index in [2.05, 4.69) is 65.8 Å². The van der Waals surface area contributed by atoms with Crippen LogP contribution in [0.3, 0.4) is 0 Å². The van der Waals surface area contributed by atoms with E-state index >= 15 is 0 Å². The predicted molar refractivity (Wildman–Crippen MR) is 123 cm³/mol. The van der Waals surface area contributed by atoms with Crippen LogP contribution < -0.4 is 0 Å². The lowest BCUT2D eigenvalue weighted by Crippen LogP contribution is -2.52. The van der Waals surface area contributed by atoms with Gasteiger partial charge in [0.05, 0.1) is 6.10 Å². The van der Waals surface area contributed by atoms with E-state index in [1.807, 2.05) is 0 Å². The molecule has 4 aliphatic carbocycles. The zero-order valence-corrected chi connectivity index (χ0v) is 19.9. The molecule has 0 aromatic carbocycles.